The fourth-order valence-corrected chi connectivity index (χ4v) is 4.57. The van der Waals surface area contributed by atoms with Gasteiger partial charge in [0, 0.05) is 37.4 Å². The third-order valence-corrected chi connectivity index (χ3v) is 6.61. The van der Waals surface area contributed by atoms with E-state index in [-0.39, 0.29) is 11.6 Å². The van der Waals surface area contributed by atoms with E-state index in [1.165, 1.54) is 31.1 Å². The van der Waals surface area contributed by atoms with Crippen LogP contribution in [-0.4, -0.2) is 46.9 Å². The van der Waals surface area contributed by atoms with Crippen LogP contribution in [0.3, 0.4) is 0 Å². The van der Waals surface area contributed by atoms with E-state index < -0.39 is 0 Å². The minimum Gasteiger partial charge on any atom is -0.341 e. The predicted molar refractivity (Wildman–Crippen MR) is 141 cm³/mol. The zero-order valence-corrected chi connectivity index (χ0v) is 20.4. The van der Waals surface area contributed by atoms with Gasteiger partial charge in [0.05, 0.1) is 0 Å². The highest BCUT2D eigenvalue weighted by molar-refractivity contribution is 6.07. The number of piperidine rings is 2. The molecule has 2 saturated heterocycles. The molecule has 3 aromatic rings. The predicted octanol–water partition coefficient (Wildman–Crippen LogP) is 5.63. The molecule has 2 aromatic carbocycles. The van der Waals surface area contributed by atoms with E-state index in [0.717, 1.165) is 75.0 Å². The van der Waals surface area contributed by atoms with Crippen LogP contribution >= 0.6 is 0 Å². The van der Waals surface area contributed by atoms with Gasteiger partial charge in [0.15, 0.2) is 5.78 Å². The maximum Gasteiger partial charge on any atom is 0.233 e. The summed E-state index contributed by atoms with van der Waals surface area (Å²) in [5.74, 6) is 1.55. The number of ketones is 1. The standard InChI is InChI=1S/C28H31FN6O/c29-23-12-7-21(8-13-23)9-16-25(36)22-10-14-24(15-11-22)30-26-31-27(34-17-3-1-4-18-34)33-28(32-26)35-19-5-2-6-20-35/h7-16H,1-6,17-20H2,(H,30,31,32,33)/b16-9+. The van der Waals surface area contributed by atoms with E-state index in [2.05, 4.69) is 15.1 Å². The minimum absolute atomic E-state index is 0.120. The molecule has 1 N–H and O–H groups in total. The van der Waals surface area contributed by atoms with Gasteiger partial charge in [0.2, 0.25) is 17.8 Å². The summed E-state index contributed by atoms with van der Waals surface area (Å²) in [4.78, 5) is 31.4. The van der Waals surface area contributed by atoms with Gasteiger partial charge in [0.25, 0.3) is 0 Å². The Morgan fingerprint density at radius 3 is 1.86 bits per heavy atom. The molecule has 0 unspecified atom stereocenters. The second-order valence-corrected chi connectivity index (χ2v) is 9.31. The molecule has 8 heteroatoms. The van der Waals surface area contributed by atoms with Crippen LogP contribution in [0.25, 0.3) is 6.08 Å². The number of carbonyl (C=O) groups excluding carboxylic acids is 1. The van der Waals surface area contributed by atoms with E-state index in [0.29, 0.717) is 11.5 Å². The van der Waals surface area contributed by atoms with Crippen LogP contribution in [-0.2, 0) is 0 Å². The first-order valence-corrected chi connectivity index (χ1v) is 12.8. The number of halogens is 1. The summed E-state index contributed by atoms with van der Waals surface area (Å²) in [6.07, 6.45) is 10.3. The molecule has 2 fully saturated rings. The fraction of sp³-hybridized carbons (Fsp3) is 0.357. The third-order valence-electron chi connectivity index (χ3n) is 6.61. The molecule has 3 heterocycles. The summed E-state index contributed by atoms with van der Waals surface area (Å²) in [5, 5.41) is 3.31. The monoisotopic (exact) mass is 486 g/mol. The van der Waals surface area contributed by atoms with Gasteiger partial charge in [-0.2, -0.15) is 15.0 Å². The number of hydrogen-bond acceptors (Lipinski definition) is 7. The number of nitrogens with zero attached hydrogens (tertiary/aromatic N) is 5. The maximum absolute atomic E-state index is 13.1. The Bertz CT molecular complexity index is 1160. The summed E-state index contributed by atoms with van der Waals surface area (Å²) in [5.41, 5.74) is 2.14. The van der Waals surface area contributed by atoms with Crippen molar-refractivity contribution >= 4 is 35.4 Å². The Balaban J connectivity index is 1.31. The Labute approximate surface area is 211 Å². The molecular weight excluding hydrogens is 455 g/mol. The highest BCUT2D eigenvalue weighted by Crippen LogP contribution is 2.24. The summed E-state index contributed by atoms with van der Waals surface area (Å²) in [7, 11) is 0. The highest BCUT2D eigenvalue weighted by atomic mass is 19.1. The van der Waals surface area contributed by atoms with Crippen molar-refractivity contribution in [2.24, 2.45) is 0 Å². The van der Waals surface area contributed by atoms with E-state index >= 15 is 0 Å². The first-order valence-electron chi connectivity index (χ1n) is 12.8. The number of aromatic nitrogens is 3. The van der Waals surface area contributed by atoms with Crippen LogP contribution in [0.4, 0.5) is 27.9 Å². The molecule has 0 amide bonds. The van der Waals surface area contributed by atoms with Crippen LogP contribution in [0.15, 0.2) is 54.6 Å². The Hall–Kier alpha value is -3.81. The lowest BCUT2D eigenvalue weighted by Gasteiger charge is -2.30. The number of benzene rings is 2. The van der Waals surface area contributed by atoms with Crippen molar-refractivity contribution in [2.75, 3.05) is 41.3 Å². The average Bonchev–Trinajstić information content (AvgIpc) is 2.94. The van der Waals surface area contributed by atoms with Crippen LogP contribution in [0.5, 0.6) is 0 Å². The lowest BCUT2D eigenvalue weighted by atomic mass is 10.1. The second kappa shape index (κ2) is 11.3. The van der Waals surface area contributed by atoms with Crippen molar-refractivity contribution in [2.45, 2.75) is 38.5 Å². The molecule has 0 saturated carbocycles. The molecule has 186 valence electrons. The van der Waals surface area contributed by atoms with Crippen LogP contribution in [0, 0.1) is 5.82 Å². The number of allylic oxidation sites excluding steroid dienone is 1. The molecule has 5 rings (SSSR count). The van der Waals surface area contributed by atoms with Crippen LogP contribution in [0.2, 0.25) is 0 Å². The first kappa shape index (κ1) is 23.9. The third kappa shape index (κ3) is 6.05. The van der Waals surface area contributed by atoms with Crippen molar-refractivity contribution in [3.8, 4) is 0 Å². The molecule has 2 aliphatic heterocycles. The number of rotatable bonds is 7. The summed E-state index contributed by atoms with van der Waals surface area (Å²) >= 11 is 0. The lowest BCUT2D eigenvalue weighted by molar-refractivity contribution is 0.104. The van der Waals surface area contributed by atoms with E-state index in [9.17, 15) is 9.18 Å². The summed E-state index contributed by atoms with van der Waals surface area (Å²) < 4.78 is 13.1. The number of carbonyl (C=O) groups is 1. The van der Waals surface area contributed by atoms with Gasteiger partial charge < -0.3 is 15.1 Å². The SMILES string of the molecule is O=C(/C=C/c1ccc(F)cc1)c1ccc(Nc2nc(N3CCCCC3)nc(N3CCCCC3)n2)cc1. The molecule has 0 spiro atoms. The molecule has 7 nitrogen and oxygen atoms in total. The van der Waals surface area contributed by atoms with Gasteiger partial charge in [-0.3, -0.25) is 4.79 Å². The van der Waals surface area contributed by atoms with Crippen molar-refractivity contribution in [1.82, 2.24) is 15.0 Å². The Morgan fingerprint density at radius 1 is 0.750 bits per heavy atom. The van der Waals surface area contributed by atoms with Gasteiger partial charge in [-0.05, 0) is 86.6 Å². The van der Waals surface area contributed by atoms with E-state index in [1.807, 2.05) is 12.1 Å². The number of hydrogen-bond donors (Lipinski definition) is 1. The van der Waals surface area contributed by atoms with Crippen LogP contribution < -0.4 is 15.1 Å². The van der Waals surface area contributed by atoms with Gasteiger partial charge in [-0.1, -0.05) is 18.2 Å². The zero-order valence-electron chi connectivity index (χ0n) is 20.4. The molecule has 2 aliphatic rings. The lowest BCUT2D eigenvalue weighted by Crippen LogP contribution is -2.34. The first-order chi connectivity index (χ1) is 17.6. The molecule has 0 radical (unpaired) electrons. The van der Waals surface area contributed by atoms with Gasteiger partial charge in [-0.25, -0.2) is 4.39 Å². The second-order valence-electron chi connectivity index (χ2n) is 9.31. The van der Waals surface area contributed by atoms with Crippen LogP contribution in [0.1, 0.15) is 54.4 Å². The maximum atomic E-state index is 13.1. The zero-order chi connectivity index (χ0) is 24.7. The van der Waals surface area contributed by atoms with Crippen molar-refractivity contribution in [1.29, 1.82) is 0 Å². The molecule has 0 atom stereocenters. The molecule has 0 bridgehead atoms. The quantitative estimate of drug-likeness (QED) is 0.343. The highest BCUT2D eigenvalue weighted by Gasteiger charge is 2.20. The smallest absolute Gasteiger partial charge is 0.233 e. The van der Waals surface area contributed by atoms with E-state index in [1.54, 1.807) is 30.3 Å². The largest absolute Gasteiger partial charge is 0.341 e. The van der Waals surface area contributed by atoms with Crippen molar-refractivity contribution in [3.63, 3.8) is 0 Å². The number of nitrogens with one attached hydrogen (secondary N) is 1. The topological polar surface area (TPSA) is 74.2 Å². The van der Waals surface area contributed by atoms with Crippen molar-refractivity contribution < 1.29 is 9.18 Å². The Kier molecular flexibility index (Phi) is 7.50. The van der Waals surface area contributed by atoms with Gasteiger partial charge in [-0.15, -0.1) is 0 Å². The fourth-order valence-electron chi connectivity index (χ4n) is 4.57. The molecule has 36 heavy (non-hydrogen) atoms. The average molecular weight is 487 g/mol. The van der Waals surface area contributed by atoms with Gasteiger partial charge in [0.1, 0.15) is 5.82 Å². The summed E-state index contributed by atoms with van der Waals surface area (Å²) in [6, 6.07) is 13.3. The molecular formula is C28H31FN6O. The number of anilines is 4. The minimum atomic E-state index is -0.300. The van der Waals surface area contributed by atoms with E-state index in [4.69, 9.17) is 15.0 Å². The van der Waals surface area contributed by atoms with Crippen molar-refractivity contribution in [3.05, 3.63) is 71.6 Å². The summed E-state index contributed by atoms with van der Waals surface area (Å²) in [6.45, 7) is 3.85. The van der Waals surface area contributed by atoms with Gasteiger partial charge >= 0.3 is 0 Å². The Morgan fingerprint density at radius 2 is 1.31 bits per heavy atom. The molecule has 0 aliphatic carbocycles. The normalized spacial score (nSPS) is 16.4. The molecule has 1 aromatic heterocycles.